The molecule has 0 spiro atoms. The number of hydrogen-bond donors (Lipinski definition) is 1. The fourth-order valence-corrected chi connectivity index (χ4v) is 6.48. The number of nitrogens with one attached hydrogen (secondary N) is 1. The number of hydrogen-bond acceptors (Lipinski definition) is 6. The summed E-state index contributed by atoms with van der Waals surface area (Å²) in [5, 5.41) is 3.71. The quantitative estimate of drug-likeness (QED) is 0.514. The van der Waals surface area contributed by atoms with Gasteiger partial charge in [-0.25, -0.2) is 13.2 Å². The van der Waals surface area contributed by atoms with Crippen LogP contribution in [0.1, 0.15) is 33.3 Å². The number of carbonyl (C=O) groups is 2. The van der Waals surface area contributed by atoms with Gasteiger partial charge in [0.2, 0.25) is 5.91 Å². The van der Waals surface area contributed by atoms with E-state index in [0.29, 0.717) is 26.0 Å². The monoisotopic (exact) mass is 473 g/mol. The summed E-state index contributed by atoms with van der Waals surface area (Å²) in [6, 6.07) is 4.99. The highest BCUT2D eigenvalue weighted by Crippen LogP contribution is 2.38. The van der Waals surface area contributed by atoms with Crippen LogP contribution in [0.3, 0.4) is 0 Å². The van der Waals surface area contributed by atoms with Crippen molar-refractivity contribution < 1.29 is 22.7 Å². The average Bonchev–Trinajstić information content (AvgIpc) is 2.97. The van der Waals surface area contributed by atoms with Gasteiger partial charge in [-0.1, -0.05) is 29.3 Å². The zero-order chi connectivity index (χ0) is 21.2. The molecule has 29 heavy (non-hydrogen) atoms. The number of fused-ring (bicyclic) bond motifs is 1. The SMILES string of the molecule is CCOC(=O)c1c(NC(=O)/C=C/c2c(Cl)cccc2Cl)sc2c1CCS(=O)(=O)C2. The third-order valence-corrected chi connectivity index (χ3v) is 7.77. The van der Waals surface area contributed by atoms with Crippen molar-refractivity contribution in [2.24, 2.45) is 0 Å². The van der Waals surface area contributed by atoms with Gasteiger partial charge in [-0.05, 0) is 37.1 Å². The van der Waals surface area contributed by atoms with Crippen LogP contribution in [-0.2, 0) is 31.5 Å². The van der Waals surface area contributed by atoms with Crippen LogP contribution in [-0.4, -0.2) is 32.7 Å². The number of ether oxygens (including phenoxy) is 1. The minimum Gasteiger partial charge on any atom is -0.462 e. The molecule has 10 heteroatoms. The molecule has 0 atom stereocenters. The summed E-state index contributed by atoms with van der Waals surface area (Å²) < 4.78 is 29.0. The van der Waals surface area contributed by atoms with E-state index in [0.717, 1.165) is 11.3 Å². The van der Waals surface area contributed by atoms with Crippen LogP contribution in [0.25, 0.3) is 6.08 Å². The number of halogens is 2. The van der Waals surface area contributed by atoms with Crippen molar-refractivity contribution in [2.75, 3.05) is 17.7 Å². The summed E-state index contributed by atoms with van der Waals surface area (Å²) in [5.41, 5.74) is 1.34. The number of amides is 1. The lowest BCUT2D eigenvalue weighted by atomic mass is 10.1. The maximum Gasteiger partial charge on any atom is 0.341 e. The van der Waals surface area contributed by atoms with E-state index >= 15 is 0 Å². The second-order valence-electron chi connectivity index (χ2n) is 6.23. The number of benzene rings is 1. The topological polar surface area (TPSA) is 89.5 Å². The average molecular weight is 474 g/mol. The molecule has 0 saturated carbocycles. The van der Waals surface area contributed by atoms with E-state index < -0.39 is 21.7 Å². The fraction of sp³-hybridized carbons (Fsp3) is 0.263. The maximum atomic E-state index is 12.4. The summed E-state index contributed by atoms with van der Waals surface area (Å²) >= 11 is 13.3. The molecule has 0 aliphatic carbocycles. The van der Waals surface area contributed by atoms with Gasteiger partial charge in [0.25, 0.3) is 0 Å². The summed E-state index contributed by atoms with van der Waals surface area (Å²) in [5.74, 6) is -1.28. The summed E-state index contributed by atoms with van der Waals surface area (Å²) in [4.78, 5) is 25.4. The Morgan fingerprint density at radius 3 is 2.62 bits per heavy atom. The molecule has 1 aliphatic heterocycles. The van der Waals surface area contributed by atoms with E-state index in [2.05, 4.69) is 5.32 Å². The predicted molar refractivity (Wildman–Crippen MR) is 116 cm³/mol. The zero-order valence-corrected chi connectivity index (χ0v) is 18.5. The summed E-state index contributed by atoms with van der Waals surface area (Å²) in [7, 11) is -3.22. The number of esters is 1. The standard InChI is InChI=1S/C19H17Cl2NO5S2/c1-2-27-19(24)17-12-8-9-29(25,26)10-15(12)28-18(17)22-16(23)7-6-11-13(20)4-3-5-14(11)21/h3-7H,2,8-10H2,1H3,(H,22,23)/b7-6+. The largest absolute Gasteiger partial charge is 0.462 e. The van der Waals surface area contributed by atoms with Crippen molar-refractivity contribution >= 4 is 67.3 Å². The molecule has 2 heterocycles. The van der Waals surface area contributed by atoms with E-state index in [4.69, 9.17) is 27.9 Å². The molecule has 1 N–H and O–H groups in total. The van der Waals surface area contributed by atoms with Crippen LogP contribution >= 0.6 is 34.5 Å². The van der Waals surface area contributed by atoms with Crippen LogP contribution < -0.4 is 5.32 Å². The van der Waals surface area contributed by atoms with Gasteiger partial charge >= 0.3 is 5.97 Å². The van der Waals surface area contributed by atoms with Crippen molar-refractivity contribution in [2.45, 2.75) is 19.1 Å². The molecule has 0 saturated heterocycles. The Morgan fingerprint density at radius 2 is 1.97 bits per heavy atom. The van der Waals surface area contributed by atoms with Gasteiger partial charge in [0.1, 0.15) is 5.00 Å². The van der Waals surface area contributed by atoms with Gasteiger partial charge in [-0.15, -0.1) is 11.3 Å². The van der Waals surface area contributed by atoms with Gasteiger partial charge < -0.3 is 10.1 Å². The number of rotatable bonds is 5. The molecule has 2 aromatic rings. The van der Waals surface area contributed by atoms with Gasteiger partial charge in [-0.2, -0.15) is 0 Å². The van der Waals surface area contributed by atoms with E-state index in [1.165, 1.54) is 12.2 Å². The molecule has 3 rings (SSSR count). The minimum atomic E-state index is -3.22. The minimum absolute atomic E-state index is 0.0402. The summed E-state index contributed by atoms with van der Waals surface area (Å²) in [6.45, 7) is 1.84. The van der Waals surface area contributed by atoms with Gasteiger partial charge in [0.15, 0.2) is 9.84 Å². The van der Waals surface area contributed by atoms with Crippen molar-refractivity contribution in [1.82, 2.24) is 0 Å². The highest BCUT2D eigenvalue weighted by atomic mass is 35.5. The zero-order valence-electron chi connectivity index (χ0n) is 15.3. The Hall–Kier alpha value is -1.87. The van der Waals surface area contributed by atoms with Crippen LogP contribution in [0.2, 0.25) is 10.0 Å². The van der Waals surface area contributed by atoms with Crippen molar-refractivity contribution in [3.05, 3.63) is 55.9 Å². The Bertz CT molecular complexity index is 1090. The van der Waals surface area contributed by atoms with Crippen LogP contribution in [0.15, 0.2) is 24.3 Å². The van der Waals surface area contributed by atoms with Crippen LogP contribution in [0, 0.1) is 0 Å². The number of carbonyl (C=O) groups excluding carboxylic acids is 2. The molecular formula is C19H17Cl2NO5S2. The Kier molecular flexibility index (Phi) is 6.68. The smallest absolute Gasteiger partial charge is 0.341 e. The molecule has 6 nitrogen and oxygen atoms in total. The number of anilines is 1. The maximum absolute atomic E-state index is 12.4. The molecular weight excluding hydrogens is 457 g/mol. The summed E-state index contributed by atoms with van der Waals surface area (Å²) in [6.07, 6.45) is 2.93. The Morgan fingerprint density at radius 1 is 1.28 bits per heavy atom. The molecule has 154 valence electrons. The second-order valence-corrected chi connectivity index (χ2v) is 10.3. The molecule has 1 aromatic carbocycles. The molecule has 1 aromatic heterocycles. The molecule has 0 unspecified atom stereocenters. The first-order valence-electron chi connectivity index (χ1n) is 8.67. The molecule has 0 fully saturated rings. The first kappa shape index (κ1) is 21.8. The van der Waals surface area contributed by atoms with Crippen molar-refractivity contribution in [3.8, 4) is 0 Å². The normalized spacial score (nSPS) is 15.1. The third-order valence-electron chi connectivity index (χ3n) is 4.22. The van der Waals surface area contributed by atoms with E-state index in [-0.39, 0.29) is 35.1 Å². The van der Waals surface area contributed by atoms with E-state index in [1.807, 2.05) is 0 Å². The Balaban J connectivity index is 1.90. The first-order valence-corrected chi connectivity index (χ1v) is 12.1. The predicted octanol–water partition coefficient (Wildman–Crippen LogP) is 4.35. The van der Waals surface area contributed by atoms with Gasteiger partial charge in [0.05, 0.1) is 23.7 Å². The van der Waals surface area contributed by atoms with Crippen LogP contribution in [0.5, 0.6) is 0 Å². The molecule has 1 aliphatic rings. The highest BCUT2D eigenvalue weighted by molar-refractivity contribution is 7.90. The molecule has 1 amide bonds. The number of thiophene rings is 1. The molecule has 0 radical (unpaired) electrons. The van der Waals surface area contributed by atoms with Crippen LogP contribution in [0.4, 0.5) is 5.00 Å². The third kappa shape index (κ3) is 5.01. The fourth-order valence-electron chi connectivity index (χ4n) is 2.91. The highest BCUT2D eigenvalue weighted by Gasteiger charge is 2.31. The number of sulfone groups is 1. The second kappa shape index (κ2) is 8.87. The van der Waals surface area contributed by atoms with E-state index in [9.17, 15) is 18.0 Å². The lowest BCUT2D eigenvalue weighted by molar-refractivity contribution is -0.111. The lowest BCUT2D eigenvalue weighted by Gasteiger charge is -2.13. The van der Waals surface area contributed by atoms with Gasteiger partial charge in [0, 0.05) is 26.6 Å². The van der Waals surface area contributed by atoms with Crippen molar-refractivity contribution in [3.63, 3.8) is 0 Å². The molecule has 0 bridgehead atoms. The van der Waals surface area contributed by atoms with E-state index in [1.54, 1.807) is 25.1 Å². The lowest BCUT2D eigenvalue weighted by Crippen LogP contribution is -2.20. The van der Waals surface area contributed by atoms with Gasteiger partial charge in [-0.3, -0.25) is 4.79 Å². The van der Waals surface area contributed by atoms with Crippen molar-refractivity contribution in [1.29, 1.82) is 0 Å². The Labute approximate surface area is 182 Å². The first-order chi connectivity index (χ1) is 13.7.